The first-order valence-electron chi connectivity index (χ1n) is 1.87. The maximum atomic E-state index is 7.94. The average Bonchev–Trinajstić information content (AvgIpc) is 1.41. The third kappa shape index (κ3) is 4.02. The molecule has 0 spiro atoms. The first-order valence-corrected chi connectivity index (χ1v) is 1.87. The molecule has 1 radical (unpaired) electrons. The van der Waals surface area contributed by atoms with E-state index in [2.05, 4.69) is 0 Å². The van der Waals surface area contributed by atoms with Gasteiger partial charge < -0.3 is 5.02 Å². The summed E-state index contributed by atoms with van der Waals surface area (Å²) in [6.07, 6.45) is 1.86. The van der Waals surface area contributed by atoms with E-state index >= 15 is 0 Å². The van der Waals surface area contributed by atoms with Crippen LogP contribution >= 0.6 is 0 Å². The van der Waals surface area contributed by atoms with Crippen molar-refractivity contribution in [1.29, 1.82) is 0 Å². The molecule has 0 aliphatic rings. The Balaban J connectivity index is 2.19. The lowest BCUT2D eigenvalue weighted by molar-refractivity contribution is 0.598. The van der Waals surface area contributed by atoms with E-state index in [1.807, 2.05) is 6.92 Å². The highest BCUT2D eigenvalue weighted by Crippen LogP contribution is 1.78. The quantitative estimate of drug-likeness (QED) is 0.468. The molecule has 0 aromatic heterocycles. The van der Waals surface area contributed by atoms with Crippen molar-refractivity contribution in [3.05, 3.63) is 0 Å². The van der Waals surface area contributed by atoms with Gasteiger partial charge in [0.05, 0.1) is 0 Å². The molecule has 1 N–H and O–H groups in total. The molecule has 5 heavy (non-hydrogen) atoms. The molecule has 0 amide bonds. The van der Waals surface area contributed by atoms with Gasteiger partial charge in [-0.05, 0) is 0 Å². The fourth-order valence-electron chi connectivity index (χ4n) is 0.129. The Hall–Kier alpha value is 0.0249. The Morgan fingerprint density at radius 1 is 1.80 bits per heavy atom. The topological polar surface area (TPSA) is 20.2 Å². The standard InChI is InChI=1S/C3H8BO/c1-2-3-4-5/h5H,2-3H2,1H3. The molecule has 2 heteroatoms. The molecular formula is C3H8BO. The molecule has 0 bridgehead atoms. The van der Waals surface area contributed by atoms with E-state index in [0.717, 1.165) is 12.7 Å². The summed E-state index contributed by atoms with van der Waals surface area (Å²) >= 11 is 0. The van der Waals surface area contributed by atoms with Gasteiger partial charge in [-0.1, -0.05) is 19.7 Å². The summed E-state index contributed by atoms with van der Waals surface area (Å²) in [6, 6.07) is 0. The Morgan fingerprint density at radius 2 is 2.40 bits per heavy atom. The summed E-state index contributed by atoms with van der Waals surface area (Å²) in [5.74, 6) is 0. The van der Waals surface area contributed by atoms with Gasteiger partial charge in [0, 0.05) is 0 Å². The van der Waals surface area contributed by atoms with Crippen LogP contribution in [0, 0.1) is 0 Å². The zero-order chi connectivity index (χ0) is 4.12. The highest BCUT2D eigenvalue weighted by molar-refractivity contribution is 6.25. The fraction of sp³-hybridized carbons (Fsp3) is 1.00. The van der Waals surface area contributed by atoms with Gasteiger partial charge in [-0.15, -0.1) is 0 Å². The molecule has 1 nitrogen and oxygen atoms in total. The monoisotopic (exact) mass is 71.1 g/mol. The molecule has 0 heterocycles. The zero-order valence-corrected chi connectivity index (χ0v) is 3.44. The number of hydrogen-bond acceptors (Lipinski definition) is 1. The van der Waals surface area contributed by atoms with E-state index < -0.39 is 0 Å². The third-order valence-corrected chi connectivity index (χ3v) is 0.418. The Bertz CT molecular complexity index is 14.4. The van der Waals surface area contributed by atoms with E-state index in [9.17, 15) is 0 Å². The highest BCUT2D eigenvalue weighted by atomic mass is 16.2. The molecule has 0 rings (SSSR count). The van der Waals surface area contributed by atoms with E-state index in [0.29, 0.717) is 0 Å². The van der Waals surface area contributed by atoms with Gasteiger partial charge in [0.25, 0.3) is 7.48 Å². The molecule has 0 aliphatic heterocycles. The van der Waals surface area contributed by atoms with Crippen LogP contribution in [0.25, 0.3) is 0 Å². The predicted octanol–water partition coefficient (Wildman–Crippen LogP) is 0.426. The van der Waals surface area contributed by atoms with Crippen molar-refractivity contribution in [2.75, 3.05) is 0 Å². The van der Waals surface area contributed by atoms with Crippen molar-refractivity contribution >= 4 is 7.48 Å². The van der Waals surface area contributed by atoms with Crippen LogP contribution in [0.3, 0.4) is 0 Å². The van der Waals surface area contributed by atoms with Gasteiger partial charge in [-0.25, -0.2) is 0 Å². The van der Waals surface area contributed by atoms with Crippen molar-refractivity contribution in [1.82, 2.24) is 0 Å². The van der Waals surface area contributed by atoms with Gasteiger partial charge >= 0.3 is 0 Å². The lowest BCUT2D eigenvalue weighted by Crippen LogP contribution is -1.80. The van der Waals surface area contributed by atoms with Crippen molar-refractivity contribution in [3.8, 4) is 0 Å². The van der Waals surface area contributed by atoms with E-state index in [-0.39, 0.29) is 0 Å². The van der Waals surface area contributed by atoms with Crippen LogP contribution in [0.4, 0.5) is 0 Å². The van der Waals surface area contributed by atoms with Gasteiger partial charge in [-0.3, -0.25) is 0 Å². The van der Waals surface area contributed by atoms with Crippen LogP contribution in [0.5, 0.6) is 0 Å². The largest absolute Gasteiger partial charge is 0.454 e. The minimum Gasteiger partial charge on any atom is -0.454 e. The van der Waals surface area contributed by atoms with Crippen molar-refractivity contribution in [3.63, 3.8) is 0 Å². The first-order chi connectivity index (χ1) is 2.41. The molecule has 0 saturated carbocycles. The lowest BCUT2D eigenvalue weighted by atomic mass is 9.95. The summed E-state index contributed by atoms with van der Waals surface area (Å²) in [5.41, 5.74) is 0. The average molecular weight is 70.9 g/mol. The zero-order valence-electron chi connectivity index (χ0n) is 3.44. The van der Waals surface area contributed by atoms with Crippen LogP contribution in [0.2, 0.25) is 6.32 Å². The molecule has 0 aliphatic carbocycles. The Morgan fingerprint density at radius 3 is 2.40 bits per heavy atom. The fourth-order valence-corrected chi connectivity index (χ4v) is 0.129. The van der Waals surface area contributed by atoms with E-state index in [1.54, 1.807) is 0 Å². The maximum absolute atomic E-state index is 7.94. The number of hydrogen-bond donors (Lipinski definition) is 1. The van der Waals surface area contributed by atoms with Crippen LogP contribution in [-0.4, -0.2) is 12.5 Å². The van der Waals surface area contributed by atoms with E-state index in [1.165, 1.54) is 7.48 Å². The van der Waals surface area contributed by atoms with Gasteiger partial charge in [0.2, 0.25) is 0 Å². The highest BCUT2D eigenvalue weighted by Gasteiger charge is 1.75. The Kier molecular flexibility index (Phi) is 4.05. The SMILES string of the molecule is CCC[B]O. The Labute approximate surface area is 33.3 Å². The summed E-state index contributed by atoms with van der Waals surface area (Å²) in [6.45, 7) is 2.02. The number of rotatable bonds is 2. The predicted molar refractivity (Wildman–Crippen MR) is 23.1 cm³/mol. The molecule has 0 atom stereocenters. The molecule has 29 valence electrons. The molecular weight excluding hydrogens is 62.8 g/mol. The smallest absolute Gasteiger partial charge is 0.287 e. The van der Waals surface area contributed by atoms with Crippen LogP contribution < -0.4 is 0 Å². The van der Waals surface area contributed by atoms with Crippen LogP contribution in [0.15, 0.2) is 0 Å². The minimum absolute atomic E-state index is 0.819. The van der Waals surface area contributed by atoms with Gasteiger partial charge in [-0.2, -0.15) is 0 Å². The first kappa shape index (κ1) is 5.02. The van der Waals surface area contributed by atoms with Crippen LogP contribution in [-0.2, 0) is 0 Å². The van der Waals surface area contributed by atoms with Crippen LogP contribution in [0.1, 0.15) is 13.3 Å². The summed E-state index contributed by atoms with van der Waals surface area (Å²) in [7, 11) is 1.18. The lowest BCUT2D eigenvalue weighted by Gasteiger charge is -1.75. The second-order valence-electron chi connectivity index (χ2n) is 0.971. The molecule has 0 aromatic carbocycles. The van der Waals surface area contributed by atoms with Crippen molar-refractivity contribution in [2.45, 2.75) is 19.7 Å². The second-order valence-corrected chi connectivity index (χ2v) is 0.971. The molecule has 0 unspecified atom stereocenters. The third-order valence-electron chi connectivity index (χ3n) is 0.418. The minimum atomic E-state index is 0.819. The summed E-state index contributed by atoms with van der Waals surface area (Å²) in [4.78, 5) is 0. The maximum Gasteiger partial charge on any atom is 0.287 e. The molecule has 0 aromatic rings. The van der Waals surface area contributed by atoms with Crippen molar-refractivity contribution < 1.29 is 5.02 Å². The summed E-state index contributed by atoms with van der Waals surface area (Å²) in [5, 5.41) is 7.94. The molecule has 0 fully saturated rings. The van der Waals surface area contributed by atoms with Crippen molar-refractivity contribution in [2.24, 2.45) is 0 Å². The van der Waals surface area contributed by atoms with Gasteiger partial charge in [0.15, 0.2) is 0 Å². The normalized spacial score (nSPS) is 7.60. The summed E-state index contributed by atoms with van der Waals surface area (Å²) < 4.78 is 0. The molecule has 0 saturated heterocycles. The van der Waals surface area contributed by atoms with Gasteiger partial charge in [0.1, 0.15) is 0 Å². The van der Waals surface area contributed by atoms with E-state index in [4.69, 9.17) is 5.02 Å². The second kappa shape index (κ2) is 4.02.